The van der Waals surface area contributed by atoms with E-state index in [1.807, 2.05) is 0 Å². The Morgan fingerprint density at radius 1 is 1.37 bits per heavy atom. The molecule has 7 nitrogen and oxygen atoms in total. The molecule has 0 saturated heterocycles. The fraction of sp³-hybridized carbons (Fsp3) is 0.421. The van der Waals surface area contributed by atoms with E-state index in [0.29, 0.717) is 30.7 Å². The third kappa shape index (κ3) is 5.96. The number of ether oxygens (including phenoxy) is 2. The third-order valence-corrected chi connectivity index (χ3v) is 4.80. The molecule has 1 N–H and O–H groups in total. The highest BCUT2D eigenvalue weighted by molar-refractivity contribution is 6.30. The quantitative estimate of drug-likeness (QED) is 0.596. The van der Waals surface area contributed by atoms with Gasteiger partial charge in [-0.1, -0.05) is 18.2 Å². The Morgan fingerprint density at radius 3 is 2.83 bits per heavy atom. The lowest BCUT2D eigenvalue weighted by Crippen LogP contribution is -2.31. The molecule has 0 atom stereocenters. The average Bonchev–Trinajstić information content (AvgIpc) is 3.14. The number of hydrogen-bond donors (Lipinski definition) is 1. The number of carbonyl (C=O) groups excluding carboxylic acids is 1. The highest BCUT2D eigenvalue weighted by Gasteiger charge is 2.36. The van der Waals surface area contributed by atoms with E-state index in [-0.39, 0.29) is 35.7 Å². The van der Waals surface area contributed by atoms with Gasteiger partial charge in [0.2, 0.25) is 11.8 Å². The van der Waals surface area contributed by atoms with Crippen LogP contribution in [0.1, 0.15) is 37.0 Å². The molecule has 162 valence electrons. The van der Waals surface area contributed by atoms with Crippen molar-refractivity contribution in [1.29, 1.82) is 0 Å². The standard InChI is InChI=1S/C19H19ClF3N3O4/c1-10(17-25-26-18(30-17)11-6-13(7-11)29-19(22)23)4-5-24-16(27)9-28-12-2-3-14(20)15(21)8-12/h2-3,8,11,13,19H,1,4-7,9H2,(H,24,27)/t11-,13+. The van der Waals surface area contributed by atoms with Crippen LogP contribution < -0.4 is 10.1 Å². The minimum Gasteiger partial charge on any atom is -0.484 e. The predicted molar refractivity (Wildman–Crippen MR) is 101 cm³/mol. The molecule has 11 heteroatoms. The van der Waals surface area contributed by atoms with Gasteiger partial charge in [0.1, 0.15) is 11.6 Å². The maximum Gasteiger partial charge on any atom is 0.345 e. The Balaban J connectivity index is 1.36. The van der Waals surface area contributed by atoms with Gasteiger partial charge in [-0.25, -0.2) is 4.39 Å². The first kappa shape index (κ1) is 22.1. The zero-order chi connectivity index (χ0) is 21.7. The van der Waals surface area contributed by atoms with E-state index in [1.165, 1.54) is 12.1 Å². The Hall–Kier alpha value is -2.59. The number of alkyl halides is 2. The summed E-state index contributed by atoms with van der Waals surface area (Å²) in [4.78, 5) is 11.8. The molecule has 1 aliphatic rings. The van der Waals surface area contributed by atoms with Gasteiger partial charge in [0.05, 0.1) is 11.1 Å². The number of hydrogen-bond acceptors (Lipinski definition) is 6. The van der Waals surface area contributed by atoms with Crippen LogP contribution in [0.25, 0.3) is 5.57 Å². The molecule has 1 saturated carbocycles. The number of nitrogens with one attached hydrogen (secondary N) is 1. The van der Waals surface area contributed by atoms with E-state index < -0.39 is 24.4 Å². The molecule has 1 fully saturated rings. The van der Waals surface area contributed by atoms with Crippen molar-refractivity contribution in [2.24, 2.45) is 0 Å². The monoisotopic (exact) mass is 445 g/mol. The highest BCUT2D eigenvalue weighted by atomic mass is 35.5. The molecular weight excluding hydrogens is 427 g/mol. The van der Waals surface area contributed by atoms with Gasteiger partial charge in [-0.2, -0.15) is 8.78 Å². The van der Waals surface area contributed by atoms with Gasteiger partial charge in [-0.05, 0) is 31.4 Å². The van der Waals surface area contributed by atoms with E-state index in [1.54, 1.807) is 0 Å². The van der Waals surface area contributed by atoms with Crippen molar-refractivity contribution in [2.45, 2.75) is 37.9 Å². The lowest BCUT2D eigenvalue weighted by molar-refractivity contribution is -0.185. The molecule has 0 spiro atoms. The molecule has 3 rings (SSSR count). The molecule has 0 bridgehead atoms. The number of aromatic nitrogens is 2. The van der Waals surface area contributed by atoms with Gasteiger partial charge in [0.15, 0.2) is 6.61 Å². The number of amides is 1. The van der Waals surface area contributed by atoms with E-state index >= 15 is 0 Å². The van der Waals surface area contributed by atoms with Gasteiger partial charge >= 0.3 is 6.61 Å². The van der Waals surface area contributed by atoms with E-state index in [4.69, 9.17) is 20.8 Å². The summed E-state index contributed by atoms with van der Waals surface area (Å²) in [5.74, 6) is -0.379. The summed E-state index contributed by atoms with van der Waals surface area (Å²) in [6, 6.07) is 3.88. The summed E-state index contributed by atoms with van der Waals surface area (Å²) >= 11 is 5.58. The van der Waals surface area contributed by atoms with Crippen LogP contribution in [0.5, 0.6) is 5.75 Å². The molecule has 30 heavy (non-hydrogen) atoms. The topological polar surface area (TPSA) is 86.5 Å². The Labute approximate surface area is 175 Å². The highest BCUT2D eigenvalue weighted by Crippen LogP contribution is 2.39. The first-order valence-corrected chi connectivity index (χ1v) is 9.49. The van der Waals surface area contributed by atoms with Crippen molar-refractivity contribution in [3.8, 4) is 5.75 Å². The van der Waals surface area contributed by atoms with Crippen molar-refractivity contribution < 1.29 is 31.9 Å². The van der Waals surface area contributed by atoms with E-state index in [0.717, 1.165) is 6.07 Å². The number of carbonyl (C=O) groups is 1. The van der Waals surface area contributed by atoms with E-state index in [9.17, 15) is 18.0 Å². The van der Waals surface area contributed by atoms with Crippen LogP contribution in [0.15, 0.2) is 29.2 Å². The van der Waals surface area contributed by atoms with Crippen molar-refractivity contribution in [3.63, 3.8) is 0 Å². The van der Waals surface area contributed by atoms with Gasteiger partial charge in [0, 0.05) is 24.1 Å². The molecule has 1 aliphatic carbocycles. The van der Waals surface area contributed by atoms with Gasteiger partial charge in [-0.3, -0.25) is 4.79 Å². The van der Waals surface area contributed by atoms with Crippen LogP contribution in [-0.2, 0) is 9.53 Å². The lowest BCUT2D eigenvalue weighted by Gasteiger charge is -2.32. The number of rotatable bonds is 10. The molecular formula is C19H19ClF3N3O4. The minimum atomic E-state index is -2.79. The summed E-state index contributed by atoms with van der Waals surface area (Å²) in [5.41, 5.74) is 0.523. The normalized spacial score (nSPS) is 18.2. The zero-order valence-corrected chi connectivity index (χ0v) is 16.5. The molecule has 1 amide bonds. The zero-order valence-electron chi connectivity index (χ0n) is 15.7. The molecule has 2 aromatic rings. The minimum absolute atomic E-state index is 0.0342. The Morgan fingerprint density at radius 2 is 2.13 bits per heavy atom. The number of nitrogens with zero attached hydrogens (tertiary/aromatic N) is 2. The SMILES string of the molecule is C=C(CCNC(=O)COc1ccc(Cl)c(F)c1)c1nnc([C@H]2C[C@@H](OC(F)F)C2)o1. The lowest BCUT2D eigenvalue weighted by atomic mass is 9.82. The maximum atomic E-state index is 13.3. The summed E-state index contributed by atoms with van der Waals surface area (Å²) in [6.07, 6.45) is 0.637. The van der Waals surface area contributed by atoms with Crippen molar-refractivity contribution in [1.82, 2.24) is 15.5 Å². The first-order chi connectivity index (χ1) is 14.3. The van der Waals surface area contributed by atoms with Crippen LogP contribution in [-0.4, -0.2) is 42.0 Å². The second kappa shape index (κ2) is 9.94. The molecule has 1 aromatic carbocycles. The van der Waals surface area contributed by atoms with Crippen molar-refractivity contribution in [2.75, 3.05) is 13.2 Å². The average molecular weight is 446 g/mol. The Kier molecular flexibility index (Phi) is 7.33. The van der Waals surface area contributed by atoms with Crippen LogP contribution in [0, 0.1) is 5.82 Å². The summed E-state index contributed by atoms with van der Waals surface area (Å²) in [7, 11) is 0. The van der Waals surface area contributed by atoms with Crippen LogP contribution in [0.3, 0.4) is 0 Å². The smallest absolute Gasteiger partial charge is 0.345 e. The fourth-order valence-corrected chi connectivity index (χ4v) is 2.91. The van der Waals surface area contributed by atoms with E-state index in [2.05, 4.69) is 26.8 Å². The maximum absolute atomic E-state index is 13.3. The number of halogens is 4. The number of benzene rings is 1. The van der Waals surface area contributed by atoms with Gasteiger partial charge in [-0.15, -0.1) is 10.2 Å². The second-order valence-corrected chi connectivity index (χ2v) is 7.11. The van der Waals surface area contributed by atoms with Crippen LogP contribution >= 0.6 is 11.6 Å². The Bertz CT molecular complexity index is 903. The van der Waals surface area contributed by atoms with Crippen molar-refractivity contribution in [3.05, 3.63) is 47.4 Å². The summed E-state index contributed by atoms with van der Waals surface area (Å²) < 4.78 is 52.8. The largest absolute Gasteiger partial charge is 0.484 e. The van der Waals surface area contributed by atoms with Crippen LogP contribution in [0.4, 0.5) is 13.2 Å². The molecule has 0 radical (unpaired) electrons. The van der Waals surface area contributed by atoms with Gasteiger partial charge in [0.25, 0.3) is 5.91 Å². The molecule has 1 heterocycles. The summed E-state index contributed by atoms with van der Waals surface area (Å²) in [5, 5.41) is 10.4. The predicted octanol–water partition coefficient (Wildman–Crippen LogP) is 3.95. The fourth-order valence-electron chi connectivity index (χ4n) is 2.79. The molecule has 0 aliphatic heterocycles. The third-order valence-electron chi connectivity index (χ3n) is 4.49. The first-order valence-electron chi connectivity index (χ1n) is 9.11. The van der Waals surface area contributed by atoms with Gasteiger partial charge < -0.3 is 19.2 Å². The summed E-state index contributed by atoms with van der Waals surface area (Å²) in [6.45, 7) is 1.02. The van der Waals surface area contributed by atoms with Crippen LogP contribution in [0.2, 0.25) is 5.02 Å². The molecule has 1 aromatic heterocycles. The molecule has 0 unspecified atom stereocenters. The second-order valence-electron chi connectivity index (χ2n) is 6.70. The van der Waals surface area contributed by atoms with Crippen molar-refractivity contribution >= 4 is 23.1 Å².